The van der Waals surface area contributed by atoms with Gasteiger partial charge in [0.1, 0.15) is 0 Å². The van der Waals surface area contributed by atoms with Gasteiger partial charge in [0.25, 0.3) is 0 Å². The molecule has 0 aliphatic rings. The Morgan fingerprint density at radius 2 is 0.950 bits per heavy atom. The number of aromatic nitrogens is 4. The van der Waals surface area contributed by atoms with Crippen LogP contribution in [0.2, 0.25) is 0 Å². The Morgan fingerprint density at radius 3 is 1.45 bits per heavy atom. The minimum atomic E-state index is 0.810. The second-order valence-electron chi connectivity index (χ2n) is 4.10. The van der Waals surface area contributed by atoms with E-state index in [0.29, 0.717) is 0 Å². The first-order valence-electron chi connectivity index (χ1n) is 6.25. The molecule has 0 saturated carbocycles. The zero-order valence-corrected chi connectivity index (χ0v) is 10.7. The SMILES string of the molecule is c1cnc2cccnc2c1.c1cnc2ncccc2c1. The molecule has 0 aromatic carbocycles. The van der Waals surface area contributed by atoms with E-state index < -0.39 is 0 Å². The summed E-state index contributed by atoms with van der Waals surface area (Å²) < 4.78 is 0. The monoisotopic (exact) mass is 260 g/mol. The van der Waals surface area contributed by atoms with E-state index >= 15 is 0 Å². The van der Waals surface area contributed by atoms with Crippen LogP contribution in [0, 0.1) is 0 Å². The van der Waals surface area contributed by atoms with E-state index in [4.69, 9.17) is 0 Å². The quantitative estimate of drug-likeness (QED) is 0.487. The third kappa shape index (κ3) is 2.75. The first-order valence-corrected chi connectivity index (χ1v) is 6.25. The van der Waals surface area contributed by atoms with Crippen molar-refractivity contribution in [1.29, 1.82) is 0 Å². The lowest BCUT2D eigenvalue weighted by molar-refractivity contribution is 1.29. The number of rotatable bonds is 0. The maximum atomic E-state index is 4.12. The summed E-state index contributed by atoms with van der Waals surface area (Å²) in [6.07, 6.45) is 7.03. The highest BCUT2D eigenvalue weighted by Gasteiger charge is 1.89. The molecule has 0 N–H and O–H groups in total. The molecule has 4 rings (SSSR count). The first kappa shape index (κ1) is 12.2. The van der Waals surface area contributed by atoms with E-state index in [1.54, 1.807) is 24.8 Å². The molecule has 0 saturated heterocycles. The van der Waals surface area contributed by atoms with Crippen molar-refractivity contribution in [3.8, 4) is 0 Å². The number of fused-ring (bicyclic) bond motifs is 2. The smallest absolute Gasteiger partial charge is 0.159 e. The lowest BCUT2D eigenvalue weighted by Gasteiger charge is -1.90. The number of hydrogen-bond acceptors (Lipinski definition) is 4. The molecule has 0 bridgehead atoms. The van der Waals surface area contributed by atoms with Crippen LogP contribution in [0.3, 0.4) is 0 Å². The maximum Gasteiger partial charge on any atom is 0.159 e. The van der Waals surface area contributed by atoms with Crippen molar-refractivity contribution in [1.82, 2.24) is 19.9 Å². The Kier molecular flexibility index (Phi) is 3.55. The molecule has 0 aliphatic heterocycles. The molecule has 20 heavy (non-hydrogen) atoms. The molecule has 4 heterocycles. The molecule has 0 fully saturated rings. The van der Waals surface area contributed by atoms with Gasteiger partial charge in [-0.25, -0.2) is 9.97 Å². The van der Waals surface area contributed by atoms with Gasteiger partial charge in [0, 0.05) is 30.2 Å². The highest BCUT2D eigenvalue weighted by Crippen LogP contribution is 2.05. The van der Waals surface area contributed by atoms with Gasteiger partial charge in [0.05, 0.1) is 11.0 Å². The average molecular weight is 260 g/mol. The van der Waals surface area contributed by atoms with E-state index in [2.05, 4.69) is 19.9 Å². The van der Waals surface area contributed by atoms with Crippen LogP contribution in [0.5, 0.6) is 0 Å². The van der Waals surface area contributed by atoms with Crippen LogP contribution in [-0.4, -0.2) is 19.9 Å². The molecule has 4 aromatic rings. The lowest BCUT2D eigenvalue weighted by atomic mass is 10.3. The molecule has 0 spiro atoms. The summed E-state index contributed by atoms with van der Waals surface area (Å²) in [6.45, 7) is 0. The molecule has 0 atom stereocenters. The van der Waals surface area contributed by atoms with Crippen molar-refractivity contribution in [2.24, 2.45) is 0 Å². The van der Waals surface area contributed by atoms with Crippen molar-refractivity contribution in [2.75, 3.05) is 0 Å². The Morgan fingerprint density at radius 1 is 0.500 bits per heavy atom. The molecule has 0 aliphatic carbocycles. The van der Waals surface area contributed by atoms with E-state index in [1.807, 2.05) is 48.5 Å². The summed E-state index contributed by atoms with van der Waals surface area (Å²) in [5, 5.41) is 1.09. The van der Waals surface area contributed by atoms with Gasteiger partial charge >= 0.3 is 0 Å². The van der Waals surface area contributed by atoms with Gasteiger partial charge in [-0.2, -0.15) is 0 Å². The highest BCUT2D eigenvalue weighted by atomic mass is 14.8. The third-order valence-corrected chi connectivity index (χ3v) is 2.75. The normalized spacial score (nSPS) is 10.0. The van der Waals surface area contributed by atoms with Crippen molar-refractivity contribution in [3.63, 3.8) is 0 Å². The second-order valence-corrected chi connectivity index (χ2v) is 4.10. The fourth-order valence-corrected chi connectivity index (χ4v) is 1.81. The molecule has 4 heteroatoms. The van der Waals surface area contributed by atoms with Gasteiger partial charge in [0.2, 0.25) is 0 Å². The summed E-state index contributed by atoms with van der Waals surface area (Å²) in [6, 6.07) is 15.5. The lowest BCUT2D eigenvalue weighted by Crippen LogP contribution is -1.78. The first-order chi connectivity index (χ1) is 9.93. The van der Waals surface area contributed by atoms with Gasteiger partial charge in [-0.15, -0.1) is 0 Å². The van der Waals surface area contributed by atoms with Crippen molar-refractivity contribution < 1.29 is 0 Å². The Balaban J connectivity index is 0.000000121. The third-order valence-electron chi connectivity index (χ3n) is 2.75. The van der Waals surface area contributed by atoms with Crippen LogP contribution < -0.4 is 0 Å². The largest absolute Gasteiger partial charge is 0.255 e. The van der Waals surface area contributed by atoms with Gasteiger partial charge in [-0.3, -0.25) is 9.97 Å². The molecular formula is C16H12N4. The van der Waals surface area contributed by atoms with Crippen molar-refractivity contribution >= 4 is 22.1 Å². The Hall–Kier alpha value is -2.88. The highest BCUT2D eigenvalue weighted by molar-refractivity contribution is 5.73. The summed E-state index contributed by atoms with van der Waals surface area (Å²) in [4.78, 5) is 16.4. The van der Waals surface area contributed by atoms with Crippen LogP contribution in [0.4, 0.5) is 0 Å². The molecule has 0 radical (unpaired) electrons. The molecule has 0 amide bonds. The van der Waals surface area contributed by atoms with Gasteiger partial charge < -0.3 is 0 Å². The summed E-state index contributed by atoms with van der Waals surface area (Å²) in [7, 11) is 0. The minimum Gasteiger partial charge on any atom is -0.255 e. The van der Waals surface area contributed by atoms with E-state index in [0.717, 1.165) is 22.1 Å². The fourth-order valence-electron chi connectivity index (χ4n) is 1.81. The Bertz CT molecular complexity index is 628. The topological polar surface area (TPSA) is 51.6 Å². The molecular weight excluding hydrogens is 248 g/mol. The van der Waals surface area contributed by atoms with Crippen LogP contribution in [0.1, 0.15) is 0 Å². The second kappa shape index (κ2) is 5.84. The van der Waals surface area contributed by atoms with Crippen molar-refractivity contribution in [2.45, 2.75) is 0 Å². The van der Waals surface area contributed by atoms with Crippen LogP contribution in [0.15, 0.2) is 73.3 Å². The predicted molar refractivity (Wildman–Crippen MR) is 79.1 cm³/mol. The fraction of sp³-hybridized carbons (Fsp3) is 0. The summed E-state index contributed by atoms with van der Waals surface area (Å²) >= 11 is 0. The summed E-state index contributed by atoms with van der Waals surface area (Å²) in [5.41, 5.74) is 2.71. The molecule has 0 unspecified atom stereocenters. The molecule has 4 nitrogen and oxygen atoms in total. The zero-order chi connectivity index (χ0) is 13.6. The number of hydrogen-bond donors (Lipinski definition) is 0. The van der Waals surface area contributed by atoms with Gasteiger partial charge in [0.15, 0.2) is 5.65 Å². The Labute approximate surface area is 116 Å². The number of pyridine rings is 4. The zero-order valence-electron chi connectivity index (χ0n) is 10.7. The summed E-state index contributed by atoms with van der Waals surface area (Å²) in [5.74, 6) is 0. The number of nitrogens with zero attached hydrogens (tertiary/aromatic N) is 4. The predicted octanol–water partition coefficient (Wildman–Crippen LogP) is 3.26. The van der Waals surface area contributed by atoms with Crippen LogP contribution in [0.25, 0.3) is 22.1 Å². The maximum absolute atomic E-state index is 4.12. The van der Waals surface area contributed by atoms with Crippen LogP contribution in [-0.2, 0) is 0 Å². The van der Waals surface area contributed by atoms with Crippen molar-refractivity contribution in [3.05, 3.63) is 73.3 Å². The molecule has 4 aromatic heterocycles. The average Bonchev–Trinajstić information content (AvgIpc) is 2.56. The van der Waals surface area contributed by atoms with E-state index in [-0.39, 0.29) is 0 Å². The molecule has 96 valence electrons. The van der Waals surface area contributed by atoms with E-state index in [1.165, 1.54) is 0 Å². The van der Waals surface area contributed by atoms with Gasteiger partial charge in [-0.1, -0.05) is 0 Å². The van der Waals surface area contributed by atoms with E-state index in [9.17, 15) is 0 Å². The standard InChI is InChI=1S/2C8H6N2/c1-3-7-8(9-5-1)4-2-6-10-7;1-3-7-4-2-6-10-8(7)9-5-1/h2*1-6H. The van der Waals surface area contributed by atoms with Crippen LogP contribution >= 0.6 is 0 Å². The van der Waals surface area contributed by atoms with Gasteiger partial charge in [-0.05, 0) is 48.5 Å². The minimum absolute atomic E-state index is 0.810.